The fraction of sp³-hybridized carbons (Fsp3) is 0.278. The van der Waals surface area contributed by atoms with Gasteiger partial charge in [-0.25, -0.2) is 13.1 Å². The van der Waals surface area contributed by atoms with E-state index in [9.17, 15) is 13.2 Å². The van der Waals surface area contributed by atoms with E-state index < -0.39 is 10.0 Å². The Balaban J connectivity index is 1.82. The number of rotatable bonds is 5. The van der Waals surface area contributed by atoms with Crippen molar-refractivity contribution in [3.05, 3.63) is 48.0 Å². The van der Waals surface area contributed by atoms with Crippen LogP contribution in [0.3, 0.4) is 0 Å². The van der Waals surface area contributed by atoms with Gasteiger partial charge in [-0.2, -0.15) is 0 Å². The minimum absolute atomic E-state index is 0.104. The van der Waals surface area contributed by atoms with E-state index in [4.69, 9.17) is 4.74 Å². The molecule has 2 aromatic rings. The third-order valence-corrected chi connectivity index (χ3v) is 6.83. The zero-order valence-electron chi connectivity index (χ0n) is 14.5. The van der Waals surface area contributed by atoms with Crippen LogP contribution >= 0.6 is 11.8 Å². The highest BCUT2D eigenvalue weighted by Gasteiger charge is 2.23. The molecule has 1 amide bonds. The molecule has 0 spiro atoms. The number of benzene rings is 2. The minimum Gasteiger partial charge on any atom is -0.496 e. The van der Waals surface area contributed by atoms with Crippen molar-refractivity contribution in [2.24, 2.45) is 5.92 Å². The van der Waals surface area contributed by atoms with Gasteiger partial charge in [0.25, 0.3) is 0 Å². The maximum Gasteiger partial charge on any atom is 0.240 e. The second-order valence-electron chi connectivity index (χ2n) is 6.00. The van der Waals surface area contributed by atoms with Crippen LogP contribution in [0, 0.1) is 5.92 Å². The fourth-order valence-corrected chi connectivity index (χ4v) is 4.59. The lowest BCUT2D eigenvalue weighted by Gasteiger charge is -2.12. The molecule has 8 heteroatoms. The quantitative estimate of drug-likeness (QED) is 0.817. The van der Waals surface area contributed by atoms with Crippen LogP contribution < -0.4 is 14.8 Å². The fourth-order valence-electron chi connectivity index (χ4n) is 2.55. The molecule has 0 bridgehead atoms. The molecule has 0 saturated carbocycles. The molecule has 1 heterocycles. The lowest BCUT2D eigenvalue weighted by Crippen LogP contribution is -2.24. The van der Waals surface area contributed by atoms with Gasteiger partial charge in [0, 0.05) is 28.7 Å². The summed E-state index contributed by atoms with van der Waals surface area (Å²) in [6.45, 7) is 1.96. The number of fused-ring (bicyclic) bond motifs is 1. The van der Waals surface area contributed by atoms with Crippen molar-refractivity contribution in [2.75, 3.05) is 18.2 Å². The highest BCUT2D eigenvalue weighted by Crippen LogP contribution is 2.34. The Bertz CT molecular complexity index is 929. The van der Waals surface area contributed by atoms with Crippen LogP contribution in [0.1, 0.15) is 12.5 Å². The summed E-state index contributed by atoms with van der Waals surface area (Å²) in [4.78, 5) is 13.0. The lowest BCUT2D eigenvalue weighted by atomic mass is 10.2. The van der Waals surface area contributed by atoms with Crippen LogP contribution in [-0.4, -0.2) is 27.2 Å². The van der Waals surface area contributed by atoms with Gasteiger partial charge in [-0.3, -0.25) is 4.79 Å². The Kier molecular flexibility index (Phi) is 5.55. The van der Waals surface area contributed by atoms with Crippen LogP contribution in [0.2, 0.25) is 0 Å². The predicted octanol–water partition coefficient (Wildman–Crippen LogP) is 2.85. The van der Waals surface area contributed by atoms with Crippen molar-refractivity contribution in [2.45, 2.75) is 23.3 Å². The second kappa shape index (κ2) is 7.69. The first-order chi connectivity index (χ1) is 12.4. The molecular weight excluding hydrogens is 372 g/mol. The molecule has 26 heavy (non-hydrogen) atoms. The Morgan fingerprint density at radius 3 is 2.81 bits per heavy atom. The first kappa shape index (κ1) is 18.8. The monoisotopic (exact) mass is 392 g/mol. The van der Waals surface area contributed by atoms with Crippen molar-refractivity contribution < 1.29 is 17.9 Å². The normalized spacial score (nSPS) is 17.2. The number of para-hydroxylation sites is 1. The first-order valence-electron chi connectivity index (χ1n) is 8.10. The van der Waals surface area contributed by atoms with Crippen LogP contribution in [0.4, 0.5) is 5.69 Å². The van der Waals surface area contributed by atoms with Crippen molar-refractivity contribution >= 4 is 33.4 Å². The summed E-state index contributed by atoms with van der Waals surface area (Å²) in [6.07, 6.45) is 0. The summed E-state index contributed by atoms with van der Waals surface area (Å²) in [5.41, 5.74) is 1.27. The van der Waals surface area contributed by atoms with Crippen LogP contribution in [-0.2, 0) is 21.4 Å². The number of amides is 1. The van der Waals surface area contributed by atoms with Crippen molar-refractivity contribution in [1.29, 1.82) is 0 Å². The minimum atomic E-state index is -3.73. The second-order valence-corrected chi connectivity index (χ2v) is 8.82. The topological polar surface area (TPSA) is 84.5 Å². The van der Waals surface area contributed by atoms with E-state index in [1.54, 1.807) is 43.1 Å². The number of anilines is 1. The van der Waals surface area contributed by atoms with Gasteiger partial charge in [0.2, 0.25) is 15.9 Å². The van der Waals surface area contributed by atoms with Crippen LogP contribution in [0.15, 0.2) is 52.3 Å². The molecule has 0 unspecified atom stereocenters. The predicted molar refractivity (Wildman–Crippen MR) is 102 cm³/mol. The molecule has 1 atom stereocenters. The molecule has 2 aromatic carbocycles. The Labute approximate surface area is 157 Å². The van der Waals surface area contributed by atoms with Gasteiger partial charge in [0.1, 0.15) is 5.75 Å². The summed E-state index contributed by atoms with van der Waals surface area (Å²) >= 11 is 1.54. The van der Waals surface area contributed by atoms with E-state index in [0.717, 1.165) is 10.5 Å². The van der Waals surface area contributed by atoms with Gasteiger partial charge in [0.15, 0.2) is 0 Å². The average molecular weight is 393 g/mol. The number of carbonyl (C=O) groups excluding carboxylic acids is 1. The molecule has 0 fully saturated rings. The van der Waals surface area contributed by atoms with E-state index in [-0.39, 0.29) is 23.3 Å². The number of hydrogen-bond acceptors (Lipinski definition) is 5. The van der Waals surface area contributed by atoms with Gasteiger partial charge in [-0.1, -0.05) is 25.1 Å². The van der Waals surface area contributed by atoms with E-state index in [1.165, 1.54) is 6.07 Å². The lowest BCUT2D eigenvalue weighted by molar-refractivity contribution is -0.118. The summed E-state index contributed by atoms with van der Waals surface area (Å²) in [5, 5.41) is 2.80. The van der Waals surface area contributed by atoms with Gasteiger partial charge >= 0.3 is 0 Å². The first-order valence-corrected chi connectivity index (χ1v) is 10.6. The molecular formula is C18H20N2O4S2. The van der Waals surface area contributed by atoms with Crippen LogP contribution in [0.5, 0.6) is 5.75 Å². The largest absolute Gasteiger partial charge is 0.496 e. The molecule has 0 aliphatic carbocycles. The molecule has 0 radical (unpaired) electrons. The number of thioether (sulfide) groups is 1. The SMILES string of the molecule is COc1ccccc1CNS(=O)(=O)c1ccc2c(c1)NC(=O)[C@H](C)CS2. The highest BCUT2D eigenvalue weighted by molar-refractivity contribution is 7.99. The van der Waals surface area contributed by atoms with Gasteiger partial charge in [-0.05, 0) is 24.3 Å². The number of sulfonamides is 1. The van der Waals surface area contributed by atoms with E-state index in [0.29, 0.717) is 17.2 Å². The summed E-state index contributed by atoms with van der Waals surface area (Å²) < 4.78 is 33.1. The number of hydrogen-bond donors (Lipinski definition) is 2. The molecule has 1 aliphatic heterocycles. The molecule has 3 rings (SSSR count). The van der Waals surface area contributed by atoms with E-state index in [1.807, 2.05) is 19.1 Å². The average Bonchev–Trinajstić information content (AvgIpc) is 2.78. The van der Waals surface area contributed by atoms with Crippen LogP contribution in [0.25, 0.3) is 0 Å². The number of methoxy groups -OCH3 is 1. The molecule has 0 saturated heterocycles. The molecule has 1 aliphatic rings. The third kappa shape index (κ3) is 4.03. The Morgan fingerprint density at radius 2 is 2.04 bits per heavy atom. The molecule has 0 aromatic heterocycles. The van der Waals surface area contributed by atoms with Crippen molar-refractivity contribution in [3.63, 3.8) is 0 Å². The Morgan fingerprint density at radius 1 is 1.27 bits per heavy atom. The number of carbonyl (C=O) groups is 1. The standard InChI is InChI=1S/C18H20N2O4S2/c1-12-11-25-17-8-7-14(9-15(17)20-18(12)21)26(22,23)19-10-13-5-3-4-6-16(13)24-2/h3-9,12,19H,10-11H2,1-2H3,(H,20,21)/t12-/m1/s1. The summed E-state index contributed by atoms with van der Waals surface area (Å²) in [7, 11) is -2.18. The molecule has 138 valence electrons. The smallest absolute Gasteiger partial charge is 0.240 e. The van der Waals surface area contributed by atoms with Crippen molar-refractivity contribution in [3.8, 4) is 5.75 Å². The number of ether oxygens (including phenoxy) is 1. The Hall–Kier alpha value is -2.03. The van der Waals surface area contributed by atoms with E-state index >= 15 is 0 Å². The zero-order valence-corrected chi connectivity index (χ0v) is 16.1. The van der Waals surface area contributed by atoms with Crippen molar-refractivity contribution in [1.82, 2.24) is 4.72 Å². The maximum atomic E-state index is 12.7. The maximum absolute atomic E-state index is 12.7. The summed E-state index contributed by atoms with van der Waals surface area (Å²) in [6, 6.07) is 12.0. The van der Waals surface area contributed by atoms with Gasteiger partial charge in [0.05, 0.1) is 17.7 Å². The third-order valence-electron chi connectivity index (χ3n) is 4.10. The van der Waals surface area contributed by atoms with Gasteiger partial charge in [-0.15, -0.1) is 11.8 Å². The van der Waals surface area contributed by atoms with Gasteiger partial charge < -0.3 is 10.1 Å². The number of nitrogens with one attached hydrogen (secondary N) is 2. The van der Waals surface area contributed by atoms with E-state index in [2.05, 4.69) is 10.0 Å². The highest BCUT2D eigenvalue weighted by atomic mass is 32.2. The summed E-state index contributed by atoms with van der Waals surface area (Å²) in [5.74, 6) is 1.05. The molecule has 6 nitrogen and oxygen atoms in total. The molecule has 2 N–H and O–H groups in total. The zero-order chi connectivity index (χ0) is 18.7.